The van der Waals surface area contributed by atoms with E-state index in [2.05, 4.69) is 10.6 Å². The number of rotatable bonds is 9. The maximum atomic E-state index is 11.9. The quantitative estimate of drug-likeness (QED) is 0.259. The van der Waals surface area contributed by atoms with Crippen molar-refractivity contribution in [1.82, 2.24) is 16.0 Å². The second-order valence-corrected chi connectivity index (χ2v) is 4.85. The van der Waals surface area contributed by atoms with Gasteiger partial charge in [-0.25, -0.2) is 4.79 Å². The fraction of sp³-hybridized carbons (Fsp3) is 0.667. The van der Waals surface area contributed by atoms with Crippen LogP contribution >= 0.6 is 0 Å². The van der Waals surface area contributed by atoms with Crippen molar-refractivity contribution in [3.05, 3.63) is 0 Å². The fourth-order valence-electron chi connectivity index (χ4n) is 1.48. The van der Waals surface area contributed by atoms with Gasteiger partial charge in [0.2, 0.25) is 17.7 Å². The van der Waals surface area contributed by atoms with Crippen LogP contribution in [0.1, 0.15) is 13.8 Å². The Morgan fingerprint density at radius 3 is 2.09 bits per heavy atom. The van der Waals surface area contributed by atoms with E-state index in [1.165, 1.54) is 0 Å². The van der Waals surface area contributed by atoms with Gasteiger partial charge in [-0.1, -0.05) is 13.8 Å². The highest BCUT2D eigenvalue weighted by Crippen LogP contribution is 2.01. The molecule has 0 saturated heterocycles. The molecule has 0 aromatic heterocycles. The lowest BCUT2D eigenvalue weighted by molar-refractivity contribution is -0.142. The second kappa shape index (κ2) is 9.68. The summed E-state index contributed by atoms with van der Waals surface area (Å²) >= 11 is 0. The van der Waals surface area contributed by atoms with Crippen molar-refractivity contribution in [3.63, 3.8) is 0 Å². The van der Waals surface area contributed by atoms with Crippen LogP contribution in [0.5, 0.6) is 0 Å². The summed E-state index contributed by atoms with van der Waals surface area (Å²) in [7, 11) is 0. The standard InChI is InChI=1S/C12H22N4O6/c1-6(2)10(16-8(18)3-13)11(20)14-4-9(19)15-7(5-17)12(21)22/h6-7,10,17H,3-5,13H2,1-2H3,(H,14,20)(H,15,19)(H,16,18)(H,21,22). The Morgan fingerprint density at radius 1 is 1.09 bits per heavy atom. The van der Waals surface area contributed by atoms with Gasteiger partial charge < -0.3 is 31.9 Å². The van der Waals surface area contributed by atoms with Crippen molar-refractivity contribution < 1.29 is 29.4 Å². The van der Waals surface area contributed by atoms with Gasteiger partial charge in [-0.05, 0) is 5.92 Å². The normalized spacial score (nSPS) is 13.1. The van der Waals surface area contributed by atoms with E-state index in [0.29, 0.717) is 0 Å². The Labute approximate surface area is 127 Å². The number of aliphatic hydroxyl groups is 1. The van der Waals surface area contributed by atoms with E-state index in [1.54, 1.807) is 13.8 Å². The number of aliphatic carboxylic acids is 1. The number of hydrogen-bond acceptors (Lipinski definition) is 6. The van der Waals surface area contributed by atoms with Crippen molar-refractivity contribution in [2.24, 2.45) is 11.7 Å². The molecule has 0 aromatic rings. The number of carboxylic acids is 1. The summed E-state index contributed by atoms with van der Waals surface area (Å²) in [5.41, 5.74) is 5.15. The molecule has 22 heavy (non-hydrogen) atoms. The first-order valence-corrected chi connectivity index (χ1v) is 6.63. The minimum Gasteiger partial charge on any atom is -0.480 e. The molecule has 0 saturated carbocycles. The fourth-order valence-corrected chi connectivity index (χ4v) is 1.48. The van der Waals surface area contributed by atoms with Crippen LogP contribution in [0.4, 0.5) is 0 Å². The summed E-state index contributed by atoms with van der Waals surface area (Å²) in [4.78, 5) is 45.3. The largest absolute Gasteiger partial charge is 0.480 e. The Bertz CT molecular complexity index is 426. The van der Waals surface area contributed by atoms with Crippen molar-refractivity contribution >= 4 is 23.7 Å². The summed E-state index contributed by atoms with van der Waals surface area (Å²) in [6.07, 6.45) is 0. The topological polar surface area (TPSA) is 171 Å². The third-order valence-electron chi connectivity index (χ3n) is 2.69. The van der Waals surface area contributed by atoms with Crippen molar-refractivity contribution in [3.8, 4) is 0 Å². The number of carboxylic acid groups (broad SMARTS) is 1. The number of nitrogens with one attached hydrogen (secondary N) is 3. The lowest BCUT2D eigenvalue weighted by Gasteiger charge is -2.21. The SMILES string of the molecule is CC(C)C(NC(=O)CN)C(=O)NCC(=O)NC(CO)C(=O)O. The molecule has 2 unspecified atom stereocenters. The predicted molar refractivity (Wildman–Crippen MR) is 75.5 cm³/mol. The summed E-state index contributed by atoms with van der Waals surface area (Å²) in [6, 6.07) is -2.31. The molecule has 0 spiro atoms. The molecule has 0 fully saturated rings. The van der Waals surface area contributed by atoms with E-state index in [1.807, 2.05) is 5.32 Å². The highest BCUT2D eigenvalue weighted by atomic mass is 16.4. The Morgan fingerprint density at radius 2 is 1.68 bits per heavy atom. The lowest BCUT2D eigenvalue weighted by atomic mass is 10.0. The Kier molecular flexibility index (Phi) is 8.72. The van der Waals surface area contributed by atoms with Gasteiger partial charge >= 0.3 is 5.97 Å². The molecule has 2 atom stereocenters. The molecule has 0 bridgehead atoms. The van der Waals surface area contributed by atoms with Crippen LogP contribution in [0.3, 0.4) is 0 Å². The molecule has 0 heterocycles. The first-order valence-electron chi connectivity index (χ1n) is 6.63. The zero-order valence-electron chi connectivity index (χ0n) is 12.5. The number of hydrogen-bond donors (Lipinski definition) is 6. The first kappa shape index (κ1) is 19.8. The maximum Gasteiger partial charge on any atom is 0.328 e. The summed E-state index contributed by atoms with van der Waals surface area (Å²) in [5, 5.41) is 24.2. The minimum absolute atomic E-state index is 0.234. The Balaban J connectivity index is 4.47. The smallest absolute Gasteiger partial charge is 0.328 e. The van der Waals surface area contributed by atoms with Gasteiger partial charge in [0.05, 0.1) is 19.7 Å². The van der Waals surface area contributed by atoms with Gasteiger partial charge in [0.15, 0.2) is 0 Å². The molecule has 0 aliphatic carbocycles. The van der Waals surface area contributed by atoms with E-state index in [-0.39, 0.29) is 12.5 Å². The minimum atomic E-state index is -1.44. The lowest BCUT2D eigenvalue weighted by Crippen LogP contribution is -2.53. The van der Waals surface area contributed by atoms with Crippen LogP contribution in [0.25, 0.3) is 0 Å². The number of carbonyl (C=O) groups is 4. The molecule has 126 valence electrons. The van der Waals surface area contributed by atoms with Crippen LogP contribution in [-0.2, 0) is 19.2 Å². The highest BCUT2D eigenvalue weighted by molar-refractivity contribution is 5.92. The molecule has 0 radical (unpaired) electrons. The van der Waals surface area contributed by atoms with Gasteiger partial charge in [0.25, 0.3) is 0 Å². The van der Waals surface area contributed by atoms with Crippen LogP contribution in [0.2, 0.25) is 0 Å². The number of amides is 3. The van der Waals surface area contributed by atoms with Crippen molar-refractivity contribution in [1.29, 1.82) is 0 Å². The number of aliphatic hydroxyl groups excluding tert-OH is 1. The molecule has 0 rings (SSSR count). The summed E-state index contributed by atoms with van der Waals surface area (Å²) in [6.45, 7) is 1.88. The van der Waals surface area contributed by atoms with Crippen LogP contribution in [-0.4, -0.2) is 65.7 Å². The molecule has 0 aliphatic rings. The van der Waals surface area contributed by atoms with E-state index in [4.69, 9.17) is 15.9 Å². The molecular formula is C12H22N4O6. The van der Waals surface area contributed by atoms with Crippen molar-refractivity contribution in [2.75, 3.05) is 19.7 Å². The Hall–Kier alpha value is -2.20. The van der Waals surface area contributed by atoms with Gasteiger partial charge in [0.1, 0.15) is 12.1 Å². The van der Waals surface area contributed by atoms with Crippen LogP contribution < -0.4 is 21.7 Å². The summed E-state index contributed by atoms with van der Waals surface area (Å²) in [5.74, 6) is -3.50. The third-order valence-corrected chi connectivity index (χ3v) is 2.69. The molecule has 10 heteroatoms. The molecule has 0 aromatic carbocycles. The van der Waals surface area contributed by atoms with Gasteiger partial charge in [-0.15, -0.1) is 0 Å². The van der Waals surface area contributed by atoms with Crippen molar-refractivity contribution in [2.45, 2.75) is 25.9 Å². The van der Waals surface area contributed by atoms with Crippen LogP contribution in [0.15, 0.2) is 0 Å². The predicted octanol–water partition coefficient (Wildman–Crippen LogP) is -3.24. The average Bonchev–Trinajstić information content (AvgIpc) is 2.46. The van der Waals surface area contributed by atoms with E-state index in [9.17, 15) is 19.2 Å². The monoisotopic (exact) mass is 318 g/mol. The molecule has 0 aliphatic heterocycles. The zero-order valence-corrected chi connectivity index (χ0v) is 12.5. The number of nitrogens with two attached hydrogens (primary N) is 1. The summed E-state index contributed by atoms with van der Waals surface area (Å²) < 4.78 is 0. The van der Waals surface area contributed by atoms with Gasteiger partial charge in [0, 0.05) is 0 Å². The van der Waals surface area contributed by atoms with Gasteiger partial charge in [-0.2, -0.15) is 0 Å². The van der Waals surface area contributed by atoms with Crippen LogP contribution in [0, 0.1) is 5.92 Å². The number of carbonyl (C=O) groups excluding carboxylic acids is 3. The first-order chi connectivity index (χ1) is 10.2. The molecule has 10 nitrogen and oxygen atoms in total. The zero-order chi connectivity index (χ0) is 17.3. The van der Waals surface area contributed by atoms with E-state index in [0.717, 1.165) is 0 Å². The molecule has 7 N–H and O–H groups in total. The third kappa shape index (κ3) is 6.99. The molecule has 3 amide bonds. The van der Waals surface area contributed by atoms with E-state index >= 15 is 0 Å². The van der Waals surface area contributed by atoms with E-state index < -0.39 is 48.9 Å². The molecular weight excluding hydrogens is 296 g/mol. The average molecular weight is 318 g/mol. The second-order valence-electron chi connectivity index (χ2n) is 4.85. The van der Waals surface area contributed by atoms with Gasteiger partial charge in [-0.3, -0.25) is 14.4 Å². The highest BCUT2D eigenvalue weighted by Gasteiger charge is 2.25. The maximum absolute atomic E-state index is 11.9.